The Morgan fingerprint density at radius 3 is 1.84 bits per heavy atom. The van der Waals surface area contributed by atoms with E-state index in [1.54, 1.807) is 0 Å². The van der Waals surface area contributed by atoms with Gasteiger partial charge in [-0.15, -0.1) is 0 Å². The second kappa shape index (κ2) is 6.95. The van der Waals surface area contributed by atoms with Crippen LogP contribution in [0.25, 0.3) is 21.8 Å². The van der Waals surface area contributed by atoms with Crippen LogP contribution < -0.4 is 0 Å². The summed E-state index contributed by atoms with van der Waals surface area (Å²) in [6, 6.07) is 25.5. The highest BCUT2D eigenvalue weighted by Crippen LogP contribution is 2.47. The Morgan fingerprint density at radius 1 is 0.719 bits per heavy atom. The summed E-state index contributed by atoms with van der Waals surface area (Å²) < 4.78 is 0. The fourth-order valence-corrected chi connectivity index (χ4v) is 5.08. The van der Waals surface area contributed by atoms with Crippen LogP contribution in [0.5, 0.6) is 0 Å². The van der Waals surface area contributed by atoms with Crippen molar-refractivity contribution in [3.63, 3.8) is 0 Å². The van der Waals surface area contributed by atoms with Crippen LogP contribution in [0, 0.1) is 0 Å². The van der Waals surface area contributed by atoms with Gasteiger partial charge in [-0.3, -0.25) is 14.5 Å². The number of imide groups is 1. The van der Waals surface area contributed by atoms with Gasteiger partial charge in [-0.25, -0.2) is 0 Å². The number of likely N-dealkylation sites (tertiary alicyclic amines) is 1. The number of carbonyl (C=O) groups is 2. The topological polar surface area (TPSA) is 69.0 Å². The first kappa shape index (κ1) is 18.6. The number of aromatic nitrogens is 2. The third kappa shape index (κ3) is 2.57. The van der Waals surface area contributed by atoms with E-state index in [4.69, 9.17) is 0 Å². The van der Waals surface area contributed by atoms with E-state index in [0.29, 0.717) is 0 Å². The molecule has 2 amide bonds. The van der Waals surface area contributed by atoms with E-state index in [2.05, 4.69) is 9.97 Å². The Balaban J connectivity index is 1.59. The summed E-state index contributed by atoms with van der Waals surface area (Å²) in [5.41, 5.74) is 3.42. The Morgan fingerprint density at radius 2 is 1.25 bits per heavy atom. The summed E-state index contributed by atoms with van der Waals surface area (Å²) in [4.78, 5) is 35.6. The number of H-pyrrole nitrogens is 2. The maximum atomic E-state index is 14.2. The van der Waals surface area contributed by atoms with Gasteiger partial charge in [0.05, 0.1) is 13.0 Å². The minimum Gasteiger partial charge on any atom is -0.361 e. The first-order valence-corrected chi connectivity index (χ1v) is 10.7. The average Bonchev–Trinajstić information content (AvgIpc) is 3.51. The quantitative estimate of drug-likeness (QED) is 0.407. The fraction of sp³-hybridized carbons (Fsp3) is 0.111. The molecule has 0 bridgehead atoms. The zero-order valence-electron chi connectivity index (χ0n) is 17.3. The van der Waals surface area contributed by atoms with Crippen LogP contribution in [0.4, 0.5) is 0 Å². The lowest BCUT2D eigenvalue weighted by Crippen LogP contribution is -2.39. The number of nitrogens with one attached hydrogen (secondary N) is 2. The van der Waals surface area contributed by atoms with Gasteiger partial charge in [0.2, 0.25) is 11.8 Å². The summed E-state index contributed by atoms with van der Waals surface area (Å²) in [5, 5.41) is 1.92. The lowest BCUT2D eigenvalue weighted by molar-refractivity contribution is -0.140. The maximum absolute atomic E-state index is 14.2. The van der Waals surface area contributed by atoms with E-state index in [9.17, 15) is 9.59 Å². The largest absolute Gasteiger partial charge is 0.361 e. The summed E-state index contributed by atoms with van der Waals surface area (Å²) >= 11 is 0. The smallest absolute Gasteiger partial charge is 0.245 e. The molecule has 1 saturated heterocycles. The van der Waals surface area contributed by atoms with Gasteiger partial charge < -0.3 is 9.97 Å². The van der Waals surface area contributed by atoms with E-state index in [1.165, 1.54) is 4.90 Å². The molecule has 5 heteroatoms. The normalized spacial score (nSPS) is 15.8. The third-order valence-corrected chi connectivity index (χ3v) is 6.61. The standard InChI is InChI=1S/C27H21N3O2/c31-25-14-27(21-15-28-23-12-6-4-10-19(21)23,22-16-29-24-13-7-5-11-20(22)24)26(32)30(25)17-18-8-2-1-3-9-18/h1-13,15-16,28-29H,14,17H2. The molecule has 6 rings (SSSR count). The Bertz CT molecular complexity index is 1400. The molecule has 0 radical (unpaired) electrons. The molecule has 156 valence electrons. The molecule has 3 heterocycles. The van der Waals surface area contributed by atoms with E-state index in [-0.39, 0.29) is 24.8 Å². The number of hydrogen-bond donors (Lipinski definition) is 2. The summed E-state index contributed by atoms with van der Waals surface area (Å²) in [6.07, 6.45) is 3.88. The van der Waals surface area contributed by atoms with E-state index in [1.807, 2.05) is 91.3 Å². The number of nitrogens with zero attached hydrogens (tertiary/aromatic N) is 1. The molecule has 1 aliphatic rings. The van der Waals surface area contributed by atoms with Gasteiger partial charge >= 0.3 is 0 Å². The van der Waals surface area contributed by atoms with Gasteiger partial charge in [-0.2, -0.15) is 0 Å². The molecule has 0 spiro atoms. The van der Waals surface area contributed by atoms with Crippen molar-refractivity contribution in [2.75, 3.05) is 0 Å². The molecule has 0 saturated carbocycles. The summed E-state index contributed by atoms with van der Waals surface area (Å²) in [6.45, 7) is 0.269. The molecule has 1 fully saturated rings. The maximum Gasteiger partial charge on any atom is 0.245 e. The van der Waals surface area contributed by atoms with Crippen LogP contribution in [0.3, 0.4) is 0 Å². The van der Waals surface area contributed by atoms with Gasteiger partial charge in [0, 0.05) is 34.2 Å². The predicted molar refractivity (Wildman–Crippen MR) is 124 cm³/mol. The van der Waals surface area contributed by atoms with Gasteiger partial charge in [-0.05, 0) is 28.8 Å². The Kier molecular flexibility index (Phi) is 4.05. The van der Waals surface area contributed by atoms with Gasteiger partial charge in [0.25, 0.3) is 0 Å². The first-order valence-electron chi connectivity index (χ1n) is 10.7. The average molecular weight is 419 g/mol. The molecule has 0 aliphatic carbocycles. The second-order valence-corrected chi connectivity index (χ2v) is 8.35. The predicted octanol–water partition coefficient (Wildman–Crippen LogP) is 4.89. The summed E-state index contributed by atoms with van der Waals surface area (Å²) in [7, 11) is 0. The number of fused-ring (bicyclic) bond motifs is 2. The monoisotopic (exact) mass is 419 g/mol. The highest BCUT2D eigenvalue weighted by molar-refractivity contribution is 6.14. The van der Waals surface area contributed by atoms with Crippen molar-refractivity contribution in [3.8, 4) is 0 Å². The van der Waals surface area contributed by atoms with Gasteiger partial charge in [0.1, 0.15) is 5.41 Å². The molecule has 32 heavy (non-hydrogen) atoms. The van der Waals surface area contributed by atoms with Crippen LogP contribution in [0.15, 0.2) is 91.3 Å². The lowest BCUT2D eigenvalue weighted by Gasteiger charge is -2.27. The summed E-state index contributed by atoms with van der Waals surface area (Å²) in [5.74, 6) is -0.338. The Labute approximate surface area is 184 Å². The van der Waals surface area contributed by atoms with Gasteiger partial charge in [0.15, 0.2) is 0 Å². The number of hydrogen-bond acceptors (Lipinski definition) is 2. The second-order valence-electron chi connectivity index (χ2n) is 8.35. The van der Waals surface area contributed by atoms with Crippen LogP contribution in [-0.2, 0) is 21.5 Å². The van der Waals surface area contributed by atoms with E-state index in [0.717, 1.165) is 38.5 Å². The van der Waals surface area contributed by atoms with Crippen LogP contribution in [-0.4, -0.2) is 26.7 Å². The molecule has 0 unspecified atom stereocenters. The highest BCUT2D eigenvalue weighted by Gasteiger charge is 2.55. The van der Waals surface area contributed by atoms with Crippen molar-refractivity contribution in [1.29, 1.82) is 0 Å². The first-order chi connectivity index (χ1) is 15.7. The molecule has 3 aromatic carbocycles. The SMILES string of the molecule is O=C1CC(c2c[nH]c3ccccc23)(c2c[nH]c3ccccc23)C(=O)N1Cc1ccccc1. The number of benzene rings is 3. The molecular weight excluding hydrogens is 398 g/mol. The number of aromatic amines is 2. The minimum absolute atomic E-state index is 0.0996. The number of rotatable bonds is 4. The van der Waals surface area contributed by atoms with Crippen molar-refractivity contribution in [2.24, 2.45) is 0 Å². The molecule has 1 aliphatic heterocycles. The molecule has 0 atom stereocenters. The minimum atomic E-state index is -1.09. The zero-order chi connectivity index (χ0) is 21.7. The third-order valence-electron chi connectivity index (χ3n) is 6.61. The molecular formula is C27H21N3O2. The molecule has 5 aromatic rings. The van der Waals surface area contributed by atoms with Crippen molar-refractivity contribution in [1.82, 2.24) is 14.9 Å². The van der Waals surface area contributed by atoms with E-state index >= 15 is 0 Å². The van der Waals surface area contributed by atoms with Crippen molar-refractivity contribution < 1.29 is 9.59 Å². The zero-order valence-corrected chi connectivity index (χ0v) is 17.3. The number of para-hydroxylation sites is 2. The van der Waals surface area contributed by atoms with Crippen LogP contribution in [0.1, 0.15) is 23.1 Å². The van der Waals surface area contributed by atoms with Gasteiger partial charge in [-0.1, -0.05) is 66.7 Å². The fourth-order valence-electron chi connectivity index (χ4n) is 5.08. The van der Waals surface area contributed by atoms with Crippen molar-refractivity contribution >= 4 is 33.6 Å². The number of carbonyl (C=O) groups excluding carboxylic acids is 2. The van der Waals surface area contributed by atoms with Crippen molar-refractivity contribution in [2.45, 2.75) is 18.4 Å². The molecule has 2 aromatic heterocycles. The van der Waals surface area contributed by atoms with Crippen molar-refractivity contribution in [3.05, 3.63) is 108 Å². The lowest BCUT2D eigenvalue weighted by atomic mass is 9.73. The van der Waals surface area contributed by atoms with E-state index < -0.39 is 5.41 Å². The Hall–Kier alpha value is -4.12. The highest BCUT2D eigenvalue weighted by atomic mass is 16.2. The van der Waals surface area contributed by atoms with Crippen LogP contribution >= 0.6 is 0 Å². The molecule has 5 nitrogen and oxygen atoms in total. The molecule has 2 N–H and O–H groups in total. The van der Waals surface area contributed by atoms with Crippen LogP contribution in [0.2, 0.25) is 0 Å². The number of amides is 2.